The molecule has 5 nitrogen and oxygen atoms in total. The molecule has 0 spiro atoms. The van der Waals surface area contributed by atoms with Crippen molar-refractivity contribution in [2.75, 3.05) is 32.1 Å². The molecule has 0 saturated heterocycles. The molecule has 0 heterocycles. The van der Waals surface area contributed by atoms with Gasteiger partial charge < -0.3 is 20.5 Å². The molecule has 5 heteroatoms. The van der Waals surface area contributed by atoms with Gasteiger partial charge in [-0.25, -0.2) is 0 Å². The van der Waals surface area contributed by atoms with Crippen molar-refractivity contribution < 1.29 is 14.6 Å². The molecule has 3 N–H and O–H groups in total. The van der Waals surface area contributed by atoms with Crippen LogP contribution in [0.5, 0.6) is 5.75 Å². The molecule has 1 fully saturated rings. The maximum absolute atomic E-state index is 11.9. The van der Waals surface area contributed by atoms with Crippen LogP contribution < -0.4 is 15.4 Å². The van der Waals surface area contributed by atoms with Gasteiger partial charge in [-0.15, -0.1) is 0 Å². The Morgan fingerprint density at radius 2 is 2.19 bits per heavy atom. The standard InChI is InChI=1S/C16H24N2O3/c1-21-15-7-3-6-14(8-15)18-16(20)10-17-9-12-4-2-5-13(12)11-19/h3,6-8,12-13,17,19H,2,4-5,9-11H2,1H3,(H,18,20). The van der Waals surface area contributed by atoms with E-state index in [0.717, 1.165) is 30.8 Å². The first-order chi connectivity index (χ1) is 10.2. The number of aliphatic hydroxyl groups is 1. The number of ether oxygens (including phenoxy) is 1. The number of methoxy groups -OCH3 is 1. The molecular weight excluding hydrogens is 268 g/mol. The number of benzene rings is 1. The van der Waals surface area contributed by atoms with E-state index in [-0.39, 0.29) is 19.1 Å². The van der Waals surface area contributed by atoms with Gasteiger partial charge in [-0.3, -0.25) is 4.79 Å². The lowest BCUT2D eigenvalue weighted by Crippen LogP contribution is -2.33. The van der Waals surface area contributed by atoms with Gasteiger partial charge in [-0.05, 0) is 43.4 Å². The largest absolute Gasteiger partial charge is 0.497 e. The summed E-state index contributed by atoms with van der Waals surface area (Å²) in [6.45, 7) is 1.32. The van der Waals surface area contributed by atoms with Crippen LogP contribution in [0.15, 0.2) is 24.3 Å². The number of amides is 1. The second kappa shape index (κ2) is 8.00. The molecule has 1 aliphatic rings. The fourth-order valence-electron chi connectivity index (χ4n) is 2.90. The van der Waals surface area contributed by atoms with Gasteiger partial charge in [0.2, 0.25) is 5.91 Å². The van der Waals surface area contributed by atoms with Crippen molar-refractivity contribution in [3.05, 3.63) is 24.3 Å². The van der Waals surface area contributed by atoms with Crippen LogP contribution in [0.3, 0.4) is 0 Å². The second-order valence-corrected chi connectivity index (χ2v) is 5.54. The molecule has 1 aromatic rings. The lowest BCUT2D eigenvalue weighted by molar-refractivity contribution is -0.115. The summed E-state index contributed by atoms with van der Waals surface area (Å²) in [4.78, 5) is 11.9. The minimum Gasteiger partial charge on any atom is -0.497 e. The van der Waals surface area contributed by atoms with Crippen LogP contribution in [0.1, 0.15) is 19.3 Å². The van der Waals surface area contributed by atoms with E-state index in [4.69, 9.17) is 4.74 Å². The smallest absolute Gasteiger partial charge is 0.238 e. The van der Waals surface area contributed by atoms with Gasteiger partial charge in [0.15, 0.2) is 0 Å². The van der Waals surface area contributed by atoms with Crippen molar-refractivity contribution in [3.63, 3.8) is 0 Å². The Kier molecular flexibility index (Phi) is 6.02. The van der Waals surface area contributed by atoms with E-state index in [9.17, 15) is 9.90 Å². The molecule has 2 atom stereocenters. The monoisotopic (exact) mass is 292 g/mol. The normalized spacial score (nSPS) is 21.2. The molecule has 1 saturated carbocycles. The highest BCUT2D eigenvalue weighted by atomic mass is 16.5. The van der Waals surface area contributed by atoms with E-state index >= 15 is 0 Å². The Morgan fingerprint density at radius 3 is 2.95 bits per heavy atom. The van der Waals surface area contributed by atoms with Crippen molar-refractivity contribution in [1.82, 2.24) is 5.32 Å². The molecule has 1 aliphatic carbocycles. The SMILES string of the molecule is COc1cccc(NC(=O)CNCC2CCCC2CO)c1. The van der Waals surface area contributed by atoms with Crippen LogP contribution in [0.25, 0.3) is 0 Å². The molecule has 116 valence electrons. The Morgan fingerprint density at radius 1 is 1.38 bits per heavy atom. The van der Waals surface area contributed by atoms with Gasteiger partial charge in [-0.1, -0.05) is 12.5 Å². The third-order valence-electron chi connectivity index (χ3n) is 4.10. The summed E-state index contributed by atoms with van der Waals surface area (Å²) in [5.41, 5.74) is 0.732. The highest BCUT2D eigenvalue weighted by molar-refractivity contribution is 5.92. The molecule has 0 aromatic heterocycles. The van der Waals surface area contributed by atoms with Crippen LogP contribution >= 0.6 is 0 Å². The van der Waals surface area contributed by atoms with Crippen molar-refractivity contribution in [1.29, 1.82) is 0 Å². The maximum Gasteiger partial charge on any atom is 0.238 e. The average Bonchev–Trinajstić information content (AvgIpc) is 2.95. The van der Waals surface area contributed by atoms with Gasteiger partial charge in [0.1, 0.15) is 5.75 Å². The minimum absolute atomic E-state index is 0.0678. The fraction of sp³-hybridized carbons (Fsp3) is 0.562. The molecule has 0 bridgehead atoms. The molecule has 0 aliphatic heterocycles. The summed E-state index contributed by atoms with van der Waals surface area (Å²) in [5, 5.41) is 15.3. The zero-order valence-corrected chi connectivity index (χ0v) is 12.5. The number of carbonyl (C=O) groups is 1. The summed E-state index contributed by atoms with van der Waals surface area (Å²) >= 11 is 0. The quantitative estimate of drug-likeness (QED) is 0.714. The third-order valence-corrected chi connectivity index (χ3v) is 4.10. The van der Waals surface area contributed by atoms with E-state index in [1.54, 1.807) is 13.2 Å². The molecule has 1 amide bonds. The van der Waals surface area contributed by atoms with Crippen molar-refractivity contribution in [2.24, 2.45) is 11.8 Å². The number of nitrogens with one attached hydrogen (secondary N) is 2. The zero-order valence-electron chi connectivity index (χ0n) is 12.5. The third kappa shape index (κ3) is 4.72. The van der Waals surface area contributed by atoms with Gasteiger partial charge >= 0.3 is 0 Å². The maximum atomic E-state index is 11.9. The van der Waals surface area contributed by atoms with Gasteiger partial charge in [0.25, 0.3) is 0 Å². The Bertz CT molecular complexity index is 465. The predicted molar refractivity (Wildman–Crippen MR) is 82.4 cm³/mol. The molecule has 1 aromatic carbocycles. The van der Waals surface area contributed by atoms with Crippen LogP contribution in [-0.2, 0) is 4.79 Å². The van der Waals surface area contributed by atoms with Crippen molar-refractivity contribution in [2.45, 2.75) is 19.3 Å². The number of hydrogen-bond donors (Lipinski definition) is 3. The van der Waals surface area contributed by atoms with E-state index in [1.807, 2.05) is 18.2 Å². The Hall–Kier alpha value is -1.59. The van der Waals surface area contributed by atoms with E-state index < -0.39 is 0 Å². The number of hydrogen-bond acceptors (Lipinski definition) is 4. The first kappa shape index (κ1) is 15.8. The number of aliphatic hydroxyl groups excluding tert-OH is 1. The molecule has 2 rings (SSSR count). The Labute approximate surface area is 125 Å². The number of anilines is 1. The van der Waals surface area contributed by atoms with Crippen LogP contribution in [-0.4, -0.2) is 37.8 Å². The summed E-state index contributed by atoms with van der Waals surface area (Å²) in [7, 11) is 1.60. The molecular formula is C16H24N2O3. The Balaban J connectivity index is 1.72. The average molecular weight is 292 g/mol. The van der Waals surface area contributed by atoms with E-state index in [1.165, 1.54) is 6.42 Å². The summed E-state index contributed by atoms with van der Waals surface area (Å²) in [6.07, 6.45) is 3.40. The summed E-state index contributed by atoms with van der Waals surface area (Å²) in [6, 6.07) is 7.30. The van der Waals surface area contributed by atoms with Crippen molar-refractivity contribution >= 4 is 11.6 Å². The summed E-state index contributed by atoms with van der Waals surface area (Å²) in [5.74, 6) is 1.53. The lowest BCUT2D eigenvalue weighted by atomic mass is 9.97. The van der Waals surface area contributed by atoms with Gasteiger partial charge in [-0.2, -0.15) is 0 Å². The van der Waals surface area contributed by atoms with Gasteiger partial charge in [0.05, 0.1) is 13.7 Å². The predicted octanol–water partition coefficient (Wildman–Crippen LogP) is 1.63. The highest BCUT2D eigenvalue weighted by Crippen LogP contribution is 2.30. The van der Waals surface area contributed by atoms with Crippen LogP contribution in [0, 0.1) is 11.8 Å². The molecule has 0 radical (unpaired) electrons. The minimum atomic E-state index is -0.0678. The number of rotatable bonds is 7. The fourth-order valence-corrected chi connectivity index (χ4v) is 2.90. The summed E-state index contributed by atoms with van der Waals surface area (Å²) < 4.78 is 5.12. The molecule has 2 unspecified atom stereocenters. The first-order valence-electron chi connectivity index (χ1n) is 7.48. The highest BCUT2D eigenvalue weighted by Gasteiger charge is 2.26. The lowest BCUT2D eigenvalue weighted by Gasteiger charge is -2.17. The zero-order chi connectivity index (χ0) is 15.1. The number of carbonyl (C=O) groups excluding carboxylic acids is 1. The first-order valence-corrected chi connectivity index (χ1v) is 7.48. The topological polar surface area (TPSA) is 70.6 Å². The second-order valence-electron chi connectivity index (χ2n) is 5.54. The molecule has 21 heavy (non-hydrogen) atoms. The van der Waals surface area contributed by atoms with E-state index in [2.05, 4.69) is 10.6 Å². The van der Waals surface area contributed by atoms with Crippen LogP contribution in [0.2, 0.25) is 0 Å². The van der Waals surface area contributed by atoms with E-state index in [0.29, 0.717) is 11.8 Å². The van der Waals surface area contributed by atoms with Gasteiger partial charge in [0, 0.05) is 18.4 Å². The van der Waals surface area contributed by atoms with Crippen LogP contribution in [0.4, 0.5) is 5.69 Å². The van der Waals surface area contributed by atoms with Crippen molar-refractivity contribution in [3.8, 4) is 5.75 Å².